The molecule has 0 fully saturated rings. The molecule has 23 nitrogen and oxygen atoms in total. The lowest BCUT2D eigenvalue weighted by Gasteiger charge is -2.18. The molecule has 0 aliphatic heterocycles. The van der Waals surface area contributed by atoms with Crippen molar-refractivity contribution in [2.75, 3.05) is 6.54 Å². The van der Waals surface area contributed by atoms with Gasteiger partial charge in [0.2, 0.25) is 29.5 Å². The topological polar surface area (TPSA) is 381 Å². The van der Waals surface area contributed by atoms with E-state index in [0.29, 0.717) is 32.1 Å². The Labute approximate surface area is 386 Å². The van der Waals surface area contributed by atoms with Crippen molar-refractivity contribution >= 4 is 74.7 Å². The number of carboxylic acids is 6. The van der Waals surface area contributed by atoms with Crippen LogP contribution in [0.1, 0.15) is 161 Å². The molecule has 12 N–H and O–H groups in total. The van der Waals surface area contributed by atoms with Crippen LogP contribution in [-0.2, 0) is 52.7 Å². The Hall–Kier alpha value is -5.44. The van der Waals surface area contributed by atoms with E-state index < -0.39 is 128 Å². The summed E-state index contributed by atoms with van der Waals surface area (Å²) in [6.07, 6.45) is 9.42. The van der Waals surface area contributed by atoms with E-state index in [-0.39, 0.29) is 38.6 Å². The molecule has 0 aliphatic carbocycles. The number of amides is 5. The zero-order valence-corrected chi connectivity index (χ0v) is 38.7. The van der Waals surface area contributed by atoms with E-state index in [1.807, 2.05) is 0 Å². The summed E-state index contributed by atoms with van der Waals surface area (Å²) in [6.45, 7) is 0.213. The molecule has 66 heavy (non-hydrogen) atoms. The second-order valence-corrected chi connectivity index (χ2v) is 16.4. The maximum Gasteiger partial charge on any atom is 0.326 e. The fourth-order valence-electron chi connectivity index (χ4n) is 6.59. The number of carbonyl (C=O) groups is 11. The molecular formula is C42H71N6O17P. The molecule has 0 aromatic carbocycles. The number of carbonyl (C=O) groups excluding carboxylic acids is 5. The van der Waals surface area contributed by atoms with Crippen LogP contribution in [-0.4, -0.2) is 133 Å². The number of nitrogens with one attached hydrogen (secondary N) is 6. The summed E-state index contributed by atoms with van der Waals surface area (Å²) in [5, 5.41) is 70.0. The van der Waals surface area contributed by atoms with Gasteiger partial charge in [0.15, 0.2) is 0 Å². The Morgan fingerprint density at radius 2 is 0.606 bits per heavy atom. The summed E-state index contributed by atoms with van der Waals surface area (Å²) < 4.78 is 0. The van der Waals surface area contributed by atoms with Crippen molar-refractivity contribution in [1.29, 1.82) is 0 Å². The third-order valence-corrected chi connectivity index (χ3v) is 10.9. The van der Waals surface area contributed by atoms with Gasteiger partial charge in [0.1, 0.15) is 30.2 Å². The summed E-state index contributed by atoms with van der Waals surface area (Å²) >= 11 is 0. The van der Waals surface area contributed by atoms with E-state index in [0.717, 1.165) is 64.2 Å². The molecular weight excluding hydrogens is 891 g/mol. The smallest absolute Gasteiger partial charge is 0.326 e. The number of carboxylic acid groups (broad SMARTS) is 6. The normalized spacial score (nSPS) is 13.2. The van der Waals surface area contributed by atoms with E-state index in [9.17, 15) is 73.2 Å². The number of rotatable bonds is 42. The average molecular weight is 963 g/mol. The van der Waals surface area contributed by atoms with Crippen molar-refractivity contribution in [2.24, 2.45) is 0 Å². The van der Waals surface area contributed by atoms with Crippen LogP contribution in [0, 0.1) is 0 Å². The Balaban J connectivity index is 4.63. The molecule has 0 heterocycles. The fourth-order valence-corrected chi connectivity index (χ4v) is 6.90. The van der Waals surface area contributed by atoms with Crippen molar-refractivity contribution in [2.45, 2.75) is 191 Å². The summed E-state index contributed by atoms with van der Waals surface area (Å²) in [5.74, 6) is -11.4. The lowest BCUT2D eigenvalue weighted by Crippen LogP contribution is -2.45. The molecule has 0 aromatic rings. The molecule has 0 bridgehead atoms. The highest BCUT2D eigenvalue weighted by Gasteiger charge is 2.27. The summed E-state index contributed by atoms with van der Waals surface area (Å²) in [5.41, 5.74) is 0. The molecule has 0 aromatic heterocycles. The van der Waals surface area contributed by atoms with Crippen LogP contribution >= 0.6 is 9.39 Å². The molecule has 0 aliphatic rings. The lowest BCUT2D eigenvalue weighted by atomic mass is 10.0. The molecule has 6 atom stereocenters. The van der Waals surface area contributed by atoms with Crippen molar-refractivity contribution in [3.8, 4) is 0 Å². The summed E-state index contributed by atoms with van der Waals surface area (Å²) in [7, 11) is 2.12. The van der Waals surface area contributed by atoms with E-state index in [4.69, 9.17) is 10.2 Å². The van der Waals surface area contributed by atoms with Gasteiger partial charge in [-0.15, -0.1) is 0 Å². The fraction of sp³-hybridized carbons (Fsp3) is 0.738. The number of hydrogen-bond donors (Lipinski definition) is 12. The monoisotopic (exact) mass is 962 g/mol. The van der Waals surface area contributed by atoms with Crippen LogP contribution in [0.5, 0.6) is 0 Å². The Bertz CT molecular complexity index is 1580. The second-order valence-electron chi connectivity index (χ2n) is 16.0. The van der Waals surface area contributed by atoms with Gasteiger partial charge >= 0.3 is 35.8 Å². The highest BCUT2D eigenvalue weighted by atomic mass is 31.0. The van der Waals surface area contributed by atoms with Crippen LogP contribution in [0.4, 0.5) is 0 Å². The lowest BCUT2D eigenvalue weighted by molar-refractivity contribution is -0.144. The van der Waals surface area contributed by atoms with Gasteiger partial charge in [0.25, 0.3) is 0 Å². The maximum absolute atomic E-state index is 12.6. The minimum absolute atomic E-state index is 0.0874. The van der Waals surface area contributed by atoms with Crippen molar-refractivity contribution in [1.82, 2.24) is 31.7 Å². The van der Waals surface area contributed by atoms with Gasteiger partial charge in [0, 0.05) is 45.1 Å². The molecule has 0 saturated carbocycles. The van der Waals surface area contributed by atoms with E-state index in [1.54, 1.807) is 0 Å². The third-order valence-electron chi connectivity index (χ3n) is 10.5. The quantitative estimate of drug-likeness (QED) is 0.0308. The molecule has 0 spiro atoms. The zero-order valence-electron chi connectivity index (χ0n) is 37.5. The molecule has 5 amide bonds. The van der Waals surface area contributed by atoms with Gasteiger partial charge in [-0.2, -0.15) is 0 Å². The maximum atomic E-state index is 12.6. The first-order chi connectivity index (χ1) is 31.3. The molecule has 376 valence electrons. The van der Waals surface area contributed by atoms with Crippen molar-refractivity contribution in [3.63, 3.8) is 0 Å². The van der Waals surface area contributed by atoms with Crippen LogP contribution in [0.3, 0.4) is 0 Å². The first-order valence-corrected chi connectivity index (χ1v) is 23.1. The zero-order chi connectivity index (χ0) is 49.9. The van der Waals surface area contributed by atoms with Crippen LogP contribution < -0.4 is 31.7 Å². The molecule has 1 unspecified atom stereocenters. The molecule has 0 rings (SSSR count). The summed E-state index contributed by atoms with van der Waals surface area (Å²) in [4.78, 5) is 131. The first kappa shape index (κ1) is 60.6. The minimum atomic E-state index is -1.64. The summed E-state index contributed by atoms with van der Waals surface area (Å²) in [6, 6.07) is -6.94. The SMILES string of the molecule is O=C(O)CCCCCCCCCCCCCCC(=O)N[C@@H](CCC(=O)N[C@@H](CCC(=O)N[C@@H](CCC(=O)N[C@@H](CCC(=O)NCCCC[C@H](NP)C(=O)O)C(=O)O)C(=O)O)C(=O)O)C(=O)O. The molecule has 0 saturated heterocycles. The predicted octanol–water partition coefficient (Wildman–Crippen LogP) is 2.05. The predicted molar refractivity (Wildman–Crippen MR) is 239 cm³/mol. The van der Waals surface area contributed by atoms with Gasteiger partial charge in [-0.05, 0) is 57.8 Å². The third kappa shape index (κ3) is 32.3. The van der Waals surface area contributed by atoms with Gasteiger partial charge < -0.3 is 57.2 Å². The van der Waals surface area contributed by atoms with E-state index >= 15 is 0 Å². The van der Waals surface area contributed by atoms with Gasteiger partial charge in [-0.3, -0.25) is 38.6 Å². The number of aliphatic carboxylic acids is 6. The largest absolute Gasteiger partial charge is 0.481 e. The minimum Gasteiger partial charge on any atom is -0.481 e. The molecule has 0 radical (unpaired) electrons. The standard InChI is InChI=1S/C42H71N6O17P/c49-32(43-26-14-13-15-31(48-66)42(64)65)22-18-27(38(56)57)45-34(51)24-20-29(40(60)61)47-36(53)25-21-30(41(62)63)46-35(52)23-19-28(39(58)59)44-33(50)16-11-9-7-5-3-1-2-4-6-8-10-12-17-37(54)55/h27-31,48H,1-26,66H2,(H,43,49)(H,44,50)(H,45,51)(H,46,52)(H,47,53)(H,54,55)(H,56,57)(H,58,59)(H,60,61)(H,62,63)(H,64,65)/t27-,28-,29-,30-,31-/m0/s1. The Kier molecular flexibility index (Phi) is 33.7. The molecule has 24 heteroatoms. The van der Waals surface area contributed by atoms with Gasteiger partial charge in [-0.1, -0.05) is 73.6 Å². The van der Waals surface area contributed by atoms with Crippen LogP contribution in [0.2, 0.25) is 0 Å². The number of hydrogen-bond acceptors (Lipinski definition) is 12. The average Bonchev–Trinajstić information content (AvgIpc) is 3.24. The Morgan fingerprint density at radius 1 is 0.318 bits per heavy atom. The van der Waals surface area contributed by atoms with Gasteiger partial charge in [-0.25, -0.2) is 19.2 Å². The van der Waals surface area contributed by atoms with E-state index in [2.05, 4.69) is 41.1 Å². The van der Waals surface area contributed by atoms with Crippen LogP contribution in [0.15, 0.2) is 0 Å². The highest BCUT2D eigenvalue weighted by molar-refractivity contribution is 7.13. The highest BCUT2D eigenvalue weighted by Crippen LogP contribution is 2.14. The van der Waals surface area contributed by atoms with Crippen molar-refractivity contribution in [3.05, 3.63) is 0 Å². The second kappa shape index (κ2) is 36.7. The van der Waals surface area contributed by atoms with Gasteiger partial charge in [0.05, 0.1) is 0 Å². The van der Waals surface area contributed by atoms with E-state index in [1.165, 1.54) is 0 Å². The number of unbranched alkanes of at least 4 members (excludes halogenated alkanes) is 12. The van der Waals surface area contributed by atoms with Crippen molar-refractivity contribution < 1.29 is 83.4 Å². The first-order valence-electron chi connectivity index (χ1n) is 22.5. The van der Waals surface area contributed by atoms with Crippen LogP contribution in [0.25, 0.3) is 0 Å². The Morgan fingerprint density at radius 3 is 0.909 bits per heavy atom.